The molecule has 3 saturated heterocycles. The van der Waals surface area contributed by atoms with Gasteiger partial charge in [-0.05, 0) is 95.4 Å². The molecule has 5 heteroatoms. The summed E-state index contributed by atoms with van der Waals surface area (Å²) in [6.07, 6.45) is 11.1. The molecule has 4 nitrogen and oxygen atoms in total. The van der Waals surface area contributed by atoms with Crippen LogP contribution in [0.25, 0.3) is 0 Å². The summed E-state index contributed by atoms with van der Waals surface area (Å²) in [6, 6.07) is 0.452. The first-order valence-electron chi connectivity index (χ1n) is 11.3. The number of rotatable bonds is 5. The second kappa shape index (κ2) is 8.69. The Bertz CT molecular complexity index is 427. The SMILES string of the molecule is CCN1CCC2(CC1)CC(CN1CCC(SN3CCC(N)CC3)CC1)C2. The molecule has 1 saturated carbocycles. The van der Waals surface area contributed by atoms with E-state index in [4.69, 9.17) is 5.73 Å². The Hall–Kier alpha value is 0.190. The van der Waals surface area contributed by atoms with Crippen molar-refractivity contribution >= 4 is 11.9 Å². The quantitative estimate of drug-likeness (QED) is 0.742. The Morgan fingerprint density at radius 1 is 0.885 bits per heavy atom. The van der Waals surface area contributed by atoms with Gasteiger partial charge >= 0.3 is 0 Å². The van der Waals surface area contributed by atoms with Crippen LogP contribution in [0, 0.1) is 11.3 Å². The molecular weight excluding hydrogens is 340 g/mol. The van der Waals surface area contributed by atoms with E-state index in [9.17, 15) is 0 Å². The standard InChI is InChI=1S/C21H40N4S/c1-2-23-13-7-21(8-14-23)15-18(16-21)17-24-9-5-20(6-10-24)26-25-11-3-19(22)4-12-25/h18-20H,2-17,22H2,1H3. The van der Waals surface area contributed by atoms with Crippen LogP contribution in [0.5, 0.6) is 0 Å². The van der Waals surface area contributed by atoms with Crippen molar-refractivity contribution in [3.63, 3.8) is 0 Å². The van der Waals surface area contributed by atoms with E-state index >= 15 is 0 Å². The first kappa shape index (κ1) is 19.5. The summed E-state index contributed by atoms with van der Waals surface area (Å²) in [5, 5.41) is 0.853. The fourth-order valence-corrected chi connectivity index (χ4v) is 7.07. The van der Waals surface area contributed by atoms with Crippen LogP contribution in [0.4, 0.5) is 0 Å². The normalized spacial score (nSPS) is 30.7. The van der Waals surface area contributed by atoms with Gasteiger partial charge in [0, 0.05) is 30.9 Å². The molecule has 1 aliphatic carbocycles. The van der Waals surface area contributed by atoms with E-state index in [1.54, 1.807) is 0 Å². The Morgan fingerprint density at radius 3 is 2.15 bits per heavy atom. The largest absolute Gasteiger partial charge is 0.328 e. The molecule has 2 N–H and O–H groups in total. The smallest absolute Gasteiger partial charge is 0.0219 e. The topological polar surface area (TPSA) is 35.7 Å². The summed E-state index contributed by atoms with van der Waals surface area (Å²) in [5.41, 5.74) is 6.78. The molecule has 4 fully saturated rings. The van der Waals surface area contributed by atoms with Gasteiger partial charge in [0.15, 0.2) is 0 Å². The zero-order valence-corrected chi connectivity index (χ0v) is 17.7. The molecule has 0 bridgehead atoms. The second-order valence-electron chi connectivity index (χ2n) is 9.58. The van der Waals surface area contributed by atoms with Crippen molar-refractivity contribution in [2.75, 3.05) is 52.4 Å². The molecule has 150 valence electrons. The van der Waals surface area contributed by atoms with Crippen molar-refractivity contribution in [2.24, 2.45) is 17.1 Å². The van der Waals surface area contributed by atoms with Crippen LogP contribution in [0.3, 0.4) is 0 Å². The van der Waals surface area contributed by atoms with Gasteiger partial charge in [-0.25, -0.2) is 0 Å². The maximum Gasteiger partial charge on any atom is 0.0219 e. The van der Waals surface area contributed by atoms with E-state index in [1.165, 1.54) is 104 Å². The van der Waals surface area contributed by atoms with Gasteiger partial charge < -0.3 is 15.5 Å². The van der Waals surface area contributed by atoms with E-state index < -0.39 is 0 Å². The van der Waals surface area contributed by atoms with Crippen molar-refractivity contribution in [1.82, 2.24) is 14.1 Å². The van der Waals surface area contributed by atoms with Crippen LogP contribution < -0.4 is 5.73 Å². The molecule has 0 aromatic heterocycles. The van der Waals surface area contributed by atoms with E-state index in [-0.39, 0.29) is 0 Å². The molecule has 4 rings (SSSR count). The highest BCUT2D eigenvalue weighted by atomic mass is 32.2. The lowest BCUT2D eigenvalue weighted by molar-refractivity contribution is -0.0263. The zero-order valence-electron chi connectivity index (χ0n) is 16.9. The highest BCUT2D eigenvalue weighted by Crippen LogP contribution is 2.52. The lowest BCUT2D eigenvalue weighted by Crippen LogP contribution is -2.50. The van der Waals surface area contributed by atoms with Crippen LogP contribution >= 0.6 is 11.9 Å². The molecule has 4 aliphatic rings. The predicted octanol–water partition coefficient (Wildman–Crippen LogP) is 3.03. The number of nitrogens with zero attached hydrogens (tertiary/aromatic N) is 3. The van der Waals surface area contributed by atoms with Crippen LogP contribution in [-0.4, -0.2) is 77.8 Å². The molecule has 0 unspecified atom stereocenters. The van der Waals surface area contributed by atoms with Gasteiger partial charge in [0.05, 0.1) is 0 Å². The highest BCUT2D eigenvalue weighted by molar-refractivity contribution is 7.97. The van der Waals surface area contributed by atoms with Crippen molar-refractivity contribution < 1.29 is 0 Å². The van der Waals surface area contributed by atoms with Crippen LogP contribution in [0.15, 0.2) is 0 Å². The van der Waals surface area contributed by atoms with Gasteiger partial charge in [-0.2, -0.15) is 0 Å². The van der Waals surface area contributed by atoms with Gasteiger partial charge in [0.1, 0.15) is 0 Å². The third-order valence-electron chi connectivity index (χ3n) is 7.66. The minimum absolute atomic E-state index is 0.452. The number of hydrogen-bond donors (Lipinski definition) is 1. The van der Waals surface area contributed by atoms with Crippen molar-refractivity contribution in [2.45, 2.75) is 69.6 Å². The Kier molecular flexibility index (Phi) is 6.52. The van der Waals surface area contributed by atoms with E-state index in [0.717, 1.165) is 16.6 Å². The fraction of sp³-hybridized carbons (Fsp3) is 1.00. The number of likely N-dealkylation sites (tertiary alicyclic amines) is 2. The minimum atomic E-state index is 0.452. The number of hydrogen-bond acceptors (Lipinski definition) is 5. The van der Waals surface area contributed by atoms with Gasteiger partial charge in [-0.3, -0.25) is 4.31 Å². The van der Waals surface area contributed by atoms with E-state index in [1.807, 2.05) is 0 Å². The van der Waals surface area contributed by atoms with Crippen molar-refractivity contribution in [1.29, 1.82) is 0 Å². The molecule has 0 atom stereocenters. The lowest BCUT2D eigenvalue weighted by Gasteiger charge is -2.53. The summed E-state index contributed by atoms with van der Waals surface area (Å²) < 4.78 is 2.60. The molecule has 0 amide bonds. The molecule has 1 spiro atoms. The maximum atomic E-state index is 6.03. The van der Waals surface area contributed by atoms with Crippen molar-refractivity contribution in [3.05, 3.63) is 0 Å². The average Bonchev–Trinajstić information content (AvgIpc) is 2.64. The lowest BCUT2D eigenvalue weighted by atomic mass is 9.57. The van der Waals surface area contributed by atoms with Crippen LogP contribution in [0.1, 0.15) is 58.3 Å². The molecular formula is C21H40N4S. The Morgan fingerprint density at radius 2 is 1.54 bits per heavy atom. The molecule has 26 heavy (non-hydrogen) atoms. The zero-order chi connectivity index (χ0) is 18.0. The average molecular weight is 381 g/mol. The van der Waals surface area contributed by atoms with E-state index in [2.05, 4.69) is 33.0 Å². The minimum Gasteiger partial charge on any atom is -0.328 e. The fourth-order valence-electron chi connectivity index (χ4n) is 5.80. The first-order chi connectivity index (χ1) is 12.6. The number of piperidine rings is 3. The summed E-state index contributed by atoms with van der Waals surface area (Å²) >= 11 is 2.15. The third kappa shape index (κ3) is 4.78. The molecule has 0 aromatic rings. The molecule has 0 aromatic carbocycles. The summed E-state index contributed by atoms with van der Waals surface area (Å²) in [5.74, 6) is 0.996. The summed E-state index contributed by atoms with van der Waals surface area (Å²) in [7, 11) is 0. The first-order valence-corrected chi connectivity index (χ1v) is 12.1. The van der Waals surface area contributed by atoms with Crippen LogP contribution in [-0.2, 0) is 0 Å². The highest BCUT2D eigenvalue weighted by Gasteiger charge is 2.45. The van der Waals surface area contributed by atoms with Gasteiger partial charge in [-0.1, -0.05) is 18.9 Å². The Labute approximate surface area is 165 Å². The Balaban J connectivity index is 1.11. The van der Waals surface area contributed by atoms with Crippen LogP contribution in [0.2, 0.25) is 0 Å². The summed E-state index contributed by atoms with van der Waals surface area (Å²) in [6.45, 7) is 12.7. The number of nitrogens with two attached hydrogens (primary N) is 1. The van der Waals surface area contributed by atoms with E-state index in [0.29, 0.717) is 6.04 Å². The predicted molar refractivity (Wildman–Crippen MR) is 112 cm³/mol. The molecule has 3 heterocycles. The third-order valence-corrected chi connectivity index (χ3v) is 9.09. The second-order valence-corrected chi connectivity index (χ2v) is 11.0. The monoisotopic (exact) mass is 380 g/mol. The molecule has 0 radical (unpaired) electrons. The maximum absolute atomic E-state index is 6.03. The molecule has 3 aliphatic heterocycles. The van der Waals surface area contributed by atoms with Gasteiger partial charge in [0.2, 0.25) is 0 Å². The van der Waals surface area contributed by atoms with Gasteiger partial charge in [-0.15, -0.1) is 0 Å². The summed E-state index contributed by atoms with van der Waals surface area (Å²) in [4.78, 5) is 5.42. The van der Waals surface area contributed by atoms with Crippen molar-refractivity contribution in [3.8, 4) is 0 Å². The van der Waals surface area contributed by atoms with Gasteiger partial charge in [0.25, 0.3) is 0 Å².